The zero-order valence-corrected chi connectivity index (χ0v) is 23.1. The zero-order chi connectivity index (χ0) is 27.1. The van der Waals surface area contributed by atoms with Crippen LogP contribution >= 0.6 is 12.6 Å². The maximum absolute atomic E-state index is 12.5. The third-order valence-electron chi connectivity index (χ3n) is 5.31. The van der Waals surface area contributed by atoms with Crippen LogP contribution in [0.3, 0.4) is 0 Å². The van der Waals surface area contributed by atoms with Crippen molar-refractivity contribution in [3.05, 3.63) is 83.4 Å². The number of carbonyl (C=O) groups excluding carboxylic acids is 1. The molecule has 0 bridgehead atoms. The second-order valence-electron chi connectivity index (χ2n) is 7.54. The Morgan fingerprint density at radius 2 is 1.50 bits per heavy atom. The lowest BCUT2D eigenvalue weighted by Crippen LogP contribution is -2.34. The van der Waals surface area contributed by atoms with Gasteiger partial charge in [-0.15, -0.1) is 12.6 Å². The maximum Gasteiger partial charge on any atom is 0.335 e. The van der Waals surface area contributed by atoms with E-state index in [0.717, 1.165) is 29.5 Å². The van der Waals surface area contributed by atoms with Crippen LogP contribution in [0.15, 0.2) is 71.6 Å². The molecule has 0 saturated heterocycles. The molecule has 0 radical (unpaired) electrons. The number of aromatic carboxylic acids is 1. The van der Waals surface area contributed by atoms with Gasteiger partial charge in [-0.1, -0.05) is 71.9 Å². The third kappa shape index (κ3) is 9.08. The fourth-order valence-corrected chi connectivity index (χ4v) is 3.69. The largest absolute Gasteiger partial charge is 0.489 e. The lowest BCUT2D eigenvalue weighted by atomic mass is 10.0. The van der Waals surface area contributed by atoms with Gasteiger partial charge in [-0.25, -0.2) is 4.79 Å². The predicted octanol–water partition coefficient (Wildman–Crippen LogP) is 7.89. The second-order valence-corrected chi connectivity index (χ2v) is 8.02. The third-order valence-corrected chi connectivity index (χ3v) is 5.68. The number of benzene rings is 3. The molecule has 0 unspecified atom stereocenters. The van der Waals surface area contributed by atoms with Crippen molar-refractivity contribution in [3.8, 4) is 16.9 Å². The molecule has 3 rings (SSSR count). The van der Waals surface area contributed by atoms with Gasteiger partial charge in [-0.2, -0.15) is 0 Å². The minimum absolute atomic E-state index is 0.133. The average Bonchev–Trinajstić information content (AvgIpc) is 2.93. The Balaban J connectivity index is 0.00000154. The number of carboxylic acid groups (broad SMARTS) is 1. The smallest absolute Gasteiger partial charge is 0.335 e. The first-order chi connectivity index (χ1) is 17.4. The normalized spacial score (nSPS) is 9.89. The molecule has 6 heteroatoms. The minimum Gasteiger partial charge on any atom is -0.489 e. The Kier molecular flexibility index (Phi) is 14.0. The standard InChI is InChI=1S/C26H27NO4S.2C2H6/c1-3-21(4-2)27-25(28)23-12-11-22(15-24(23)32)31-16-17-7-5-8-18(13-17)19-9-6-10-20(14-19)26(29)30;2*1-2/h5-15,21,32H,3-4,16H2,1-2H3,(H,27,28)(H,29,30);2*1-2H3. The van der Waals surface area contributed by atoms with Crippen molar-refractivity contribution < 1.29 is 19.4 Å². The second kappa shape index (κ2) is 16.4. The van der Waals surface area contributed by atoms with Crippen LogP contribution in [0.4, 0.5) is 0 Å². The fourth-order valence-electron chi connectivity index (χ4n) is 3.39. The quantitative estimate of drug-likeness (QED) is 0.256. The van der Waals surface area contributed by atoms with Crippen LogP contribution in [-0.2, 0) is 6.61 Å². The van der Waals surface area contributed by atoms with E-state index in [1.807, 2.05) is 71.9 Å². The molecule has 194 valence electrons. The molecule has 3 aromatic carbocycles. The van der Waals surface area contributed by atoms with Gasteiger partial charge in [-0.05, 0) is 65.9 Å². The Bertz CT molecular complexity index is 1110. The average molecular weight is 510 g/mol. The molecule has 0 aromatic heterocycles. The highest BCUT2D eigenvalue weighted by Crippen LogP contribution is 2.25. The summed E-state index contributed by atoms with van der Waals surface area (Å²) in [6, 6.07) is 20.0. The highest BCUT2D eigenvalue weighted by Gasteiger charge is 2.14. The highest BCUT2D eigenvalue weighted by molar-refractivity contribution is 7.80. The topological polar surface area (TPSA) is 75.6 Å². The van der Waals surface area contributed by atoms with Gasteiger partial charge in [0.2, 0.25) is 0 Å². The SMILES string of the molecule is CC.CC.CCC(CC)NC(=O)c1ccc(OCc2cccc(-c3cccc(C(=O)O)c3)c2)cc1S. The molecular weight excluding hydrogens is 470 g/mol. The van der Waals surface area contributed by atoms with Crippen LogP contribution < -0.4 is 10.1 Å². The summed E-state index contributed by atoms with van der Waals surface area (Å²) >= 11 is 4.47. The number of ether oxygens (including phenoxy) is 1. The molecule has 0 aliphatic heterocycles. The molecule has 36 heavy (non-hydrogen) atoms. The van der Waals surface area contributed by atoms with E-state index in [0.29, 0.717) is 22.8 Å². The first-order valence-electron chi connectivity index (χ1n) is 12.6. The number of carboxylic acids is 1. The Hall–Kier alpha value is -3.25. The number of carbonyl (C=O) groups is 2. The van der Waals surface area contributed by atoms with E-state index >= 15 is 0 Å². The van der Waals surface area contributed by atoms with Gasteiger partial charge in [0.05, 0.1) is 11.1 Å². The summed E-state index contributed by atoms with van der Waals surface area (Å²) in [6.07, 6.45) is 1.76. The number of hydrogen-bond acceptors (Lipinski definition) is 4. The van der Waals surface area contributed by atoms with E-state index in [4.69, 9.17) is 4.74 Å². The molecule has 0 saturated carbocycles. The van der Waals surface area contributed by atoms with Crippen LogP contribution in [0, 0.1) is 0 Å². The summed E-state index contributed by atoms with van der Waals surface area (Å²) in [7, 11) is 0. The Morgan fingerprint density at radius 3 is 2.08 bits per heavy atom. The minimum atomic E-state index is -0.953. The van der Waals surface area contributed by atoms with Crippen LogP contribution in [0.5, 0.6) is 5.75 Å². The molecule has 0 atom stereocenters. The van der Waals surface area contributed by atoms with Gasteiger partial charge >= 0.3 is 5.97 Å². The maximum atomic E-state index is 12.5. The van der Waals surface area contributed by atoms with Crippen LogP contribution in [0.1, 0.15) is 80.7 Å². The molecule has 0 aliphatic carbocycles. The van der Waals surface area contributed by atoms with Gasteiger partial charge in [0.15, 0.2) is 0 Å². The van der Waals surface area contributed by atoms with Crippen LogP contribution in [-0.4, -0.2) is 23.0 Å². The predicted molar refractivity (Wildman–Crippen MR) is 151 cm³/mol. The number of rotatable bonds is 9. The van der Waals surface area contributed by atoms with Crippen LogP contribution in [0.25, 0.3) is 11.1 Å². The van der Waals surface area contributed by atoms with Crippen molar-refractivity contribution >= 4 is 24.5 Å². The summed E-state index contributed by atoms with van der Waals surface area (Å²) in [6.45, 7) is 12.4. The number of amides is 1. The summed E-state index contributed by atoms with van der Waals surface area (Å²) in [5.41, 5.74) is 3.46. The first kappa shape index (κ1) is 30.8. The van der Waals surface area contributed by atoms with Crippen molar-refractivity contribution in [2.24, 2.45) is 0 Å². The van der Waals surface area contributed by atoms with E-state index in [1.165, 1.54) is 0 Å². The van der Waals surface area contributed by atoms with Gasteiger partial charge in [-0.3, -0.25) is 4.79 Å². The lowest BCUT2D eigenvalue weighted by molar-refractivity contribution is 0.0696. The van der Waals surface area contributed by atoms with E-state index in [2.05, 4.69) is 17.9 Å². The first-order valence-corrected chi connectivity index (χ1v) is 13.0. The molecule has 0 aliphatic rings. The van der Waals surface area contributed by atoms with Gasteiger partial charge in [0, 0.05) is 10.9 Å². The summed E-state index contributed by atoms with van der Waals surface area (Å²) in [4.78, 5) is 24.3. The van der Waals surface area contributed by atoms with Crippen molar-refractivity contribution in [1.82, 2.24) is 5.32 Å². The van der Waals surface area contributed by atoms with Crippen molar-refractivity contribution in [2.75, 3.05) is 0 Å². The van der Waals surface area contributed by atoms with Crippen molar-refractivity contribution in [3.63, 3.8) is 0 Å². The fraction of sp³-hybridized carbons (Fsp3) is 0.333. The van der Waals surface area contributed by atoms with Gasteiger partial charge in [0.1, 0.15) is 12.4 Å². The monoisotopic (exact) mass is 509 g/mol. The molecule has 0 heterocycles. The number of hydrogen-bond donors (Lipinski definition) is 3. The van der Waals surface area contributed by atoms with Crippen molar-refractivity contribution in [1.29, 1.82) is 0 Å². The molecular formula is C30H39NO4S. The Morgan fingerprint density at radius 1 is 0.889 bits per heavy atom. The summed E-state index contributed by atoms with van der Waals surface area (Å²) in [5.74, 6) is -0.468. The highest BCUT2D eigenvalue weighted by atomic mass is 32.1. The van der Waals surface area contributed by atoms with E-state index < -0.39 is 5.97 Å². The Labute approximate surface area is 221 Å². The molecule has 1 amide bonds. The number of nitrogens with one attached hydrogen (secondary N) is 1. The molecule has 0 spiro atoms. The molecule has 2 N–H and O–H groups in total. The molecule has 0 fully saturated rings. The molecule has 5 nitrogen and oxygen atoms in total. The molecule has 3 aromatic rings. The zero-order valence-electron chi connectivity index (χ0n) is 22.2. The van der Waals surface area contributed by atoms with E-state index in [1.54, 1.807) is 36.4 Å². The summed E-state index contributed by atoms with van der Waals surface area (Å²) in [5, 5.41) is 12.2. The van der Waals surface area contributed by atoms with E-state index in [9.17, 15) is 14.7 Å². The lowest BCUT2D eigenvalue weighted by Gasteiger charge is -2.16. The van der Waals surface area contributed by atoms with Gasteiger partial charge in [0.25, 0.3) is 5.91 Å². The van der Waals surface area contributed by atoms with Crippen molar-refractivity contribution in [2.45, 2.75) is 71.9 Å². The van der Waals surface area contributed by atoms with Crippen LogP contribution in [0.2, 0.25) is 0 Å². The summed E-state index contributed by atoms with van der Waals surface area (Å²) < 4.78 is 5.91. The van der Waals surface area contributed by atoms with Gasteiger partial charge < -0.3 is 15.2 Å². The van der Waals surface area contributed by atoms with E-state index in [-0.39, 0.29) is 17.5 Å². The number of thiol groups is 1.